The van der Waals surface area contributed by atoms with Crippen LogP contribution in [0.1, 0.15) is 0 Å². The Kier molecular flexibility index (Phi) is 8.51. The number of pyridine rings is 1. The largest absolute Gasteiger partial charge is 0.247 e. The molecule has 0 aliphatic rings. The topological polar surface area (TPSA) is 38.7 Å². The van der Waals surface area contributed by atoms with Crippen LogP contribution in [0.5, 0.6) is 0 Å². The van der Waals surface area contributed by atoms with E-state index in [1.807, 2.05) is 18.2 Å². The van der Waals surface area contributed by atoms with Crippen LogP contribution in [-0.4, -0.2) is 15.0 Å². The van der Waals surface area contributed by atoms with Gasteiger partial charge in [0, 0.05) is 27.6 Å². The molecule has 0 aliphatic carbocycles. The molecule has 3 heteroatoms. The van der Waals surface area contributed by atoms with Gasteiger partial charge in [-0.2, -0.15) is 0 Å². The van der Waals surface area contributed by atoms with Crippen LogP contribution < -0.4 is 0 Å². The van der Waals surface area contributed by atoms with Gasteiger partial charge < -0.3 is 0 Å². The number of nitrogens with zero attached hydrogens (tertiary/aromatic N) is 3. The Bertz CT molecular complexity index is 2900. The Labute approximate surface area is 326 Å². The first kappa shape index (κ1) is 33.1. The fourth-order valence-electron chi connectivity index (χ4n) is 7.70. The Morgan fingerprint density at radius 2 is 0.750 bits per heavy atom. The molecule has 0 radical (unpaired) electrons. The Balaban J connectivity index is 1.27. The van der Waals surface area contributed by atoms with Crippen LogP contribution in [0.4, 0.5) is 0 Å². The molecule has 2 heterocycles. The summed E-state index contributed by atoms with van der Waals surface area (Å²) < 4.78 is 0. The molecule has 0 saturated heterocycles. The summed E-state index contributed by atoms with van der Waals surface area (Å²) in [6, 6.07) is 74.5. The normalized spacial score (nSPS) is 11.2. The first-order valence-electron chi connectivity index (χ1n) is 18.9. The molecule has 0 spiro atoms. The van der Waals surface area contributed by atoms with Gasteiger partial charge in [-0.15, -0.1) is 0 Å². The summed E-state index contributed by atoms with van der Waals surface area (Å²) >= 11 is 0. The fourth-order valence-corrected chi connectivity index (χ4v) is 7.70. The molecule has 0 saturated carbocycles. The van der Waals surface area contributed by atoms with Gasteiger partial charge in [0.25, 0.3) is 0 Å². The number of rotatable bonds is 7. The highest BCUT2D eigenvalue weighted by Crippen LogP contribution is 2.42. The van der Waals surface area contributed by atoms with Gasteiger partial charge in [0.15, 0.2) is 5.82 Å². The second-order valence-corrected chi connectivity index (χ2v) is 14.0. The zero-order chi connectivity index (χ0) is 37.3. The quantitative estimate of drug-likeness (QED) is 0.154. The van der Waals surface area contributed by atoms with E-state index >= 15 is 0 Å². The highest BCUT2D eigenvalue weighted by atomic mass is 14.9. The van der Waals surface area contributed by atoms with Gasteiger partial charge >= 0.3 is 0 Å². The fraction of sp³-hybridized carbons (Fsp3) is 0. The van der Waals surface area contributed by atoms with Crippen molar-refractivity contribution in [2.75, 3.05) is 0 Å². The molecule has 3 nitrogen and oxygen atoms in total. The second-order valence-electron chi connectivity index (χ2n) is 14.0. The standard InChI is InChI=1S/C53H35N3/c1-5-17-36(18-6-1)40-26-15-28-43(31-40)49-35-50(56-53(55-49)44-29-16-27-41(32-44)37-19-7-2-8-20-37)47-33-42-25-13-14-30-45(42)51-46(38-21-9-3-10-22-38)34-48(54-52(47)51)39-23-11-4-12-24-39/h1-35H. The van der Waals surface area contributed by atoms with Crippen LogP contribution >= 0.6 is 0 Å². The van der Waals surface area contributed by atoms with E-state index in [0.717, 1.165) is 94.4 Å². The predicted molar refractivity (Wildman–Crippen MR) is 233 cm³/mol. The lowest BCUT2D eigenvalue weighted by Gasteiger charge is -2.17. The summed E-state index contributed by atoms with van der Waals surface area (Å²) in [7, 11) is 0. The summed E-state index contributed by atoms with van der Waals surface area (Å²) in [4.78, 5) is 16.2. The molecular weight excluding hydrogens is 679 g/mol. The van der Waals surface area contributed by atoms with E-state index in [1.54, 1.807) is 0 Å². The molecule has 0 bridgehead atoms. The molecule has 0 amide bonds. The third-order valence-electron chi connectivity index (χ3n) is 10.5. The van der Waals surface area contributed by atoms with Crippen molar-refractivity contribution in [1.82, 2.24) is 15.0 Å². The van der Waals surface area contributed by atoms with Crippen LogP contribution in [-0.2, 0) is 0 Å². The first-order chi connectivity index (χ1) is 27.7. The summed E-state index contributed by atoms with van der Waals surface area (Å²) in [6.07, 6.45) is 0. The van der Waals surface area contributed by atoms with Gasteiger partial charge in [-0.1, -0.05) is 182 Å². The van der Waals surface area contributed by atoms with E-state index < -0.39 is 0 Å². The highest BCUT2D eigenvalue weighted by Gasteiger charge is 2.20. The summed E-state index contributed by atoms with van der Waals surface area (Å²) in [6.45, 7) is 0. The number of hydrogen-bond donors (Lipinski definition) is 0. The third kappa shape index (κ3) is 6.31. The average molecular weight is 714 g/mol. The Morgan fingerprint density at radius 3 is 1.41 bits per heavy atom. The maximum absolute atomic E-state index is 5.51. The lowest BCUT2D eigenvalue weighted by atomic mass is 9.91. The summed E-state index contributed by atoms with van der Waals surface area (Å²) in [5.41, 5.74) is 14.3. The van der Waals surface area contributed by atoms with Gasteiger partial charge in [0.1, 0.15) is 0 Å². The minimum Gasteiger partial charge on any atom is -0.247 e. The molecule has 0 fully saturated rings. The first-order valence-corrected chi connectivity index (χ1v) is 18.9. The predicted octanol–water partition coefficient (Wildman–Crippen LogP) is 13.8. The van der Waals surface area contributed by atoms with Crippen LogP contribution in [0.3, 0.4) is 0 Å². The molecule has 0 aliphatic heterocycles. The van der Waals surface area contributed by atoms with Gasteiger partial charge in [0.05, 0.1) is 22.6 Å². The van der Waals surface area contributed by atoms with Gasteiger partial charge in [-0.3, -0.25) is 0 Å². The highest BCUT2D eigenvalue weighted by molar-refractivity contribution is 6.18. The van der Waals surface area contributed by atoms with Crippen LogP contribution in [0.25, 0.3) is 100 Å². The Hall–Kier alpha value is -7.49. The van der Waals surface area contributed by atoms with Crippen molar-refractivity contribution in [3.8, 4) is 78.5 Å². The smallest absolute Gasteiger partial charge is 0.160 e. The lowest BCUT2D eigenvalue weighted by molar-refractivity contribution is 1.18. The SMILES string of the molecule is c1ccc(-c2cccc(-c3cc(-c4cc5ccccc5c5c(-c6ccccc6)cc(-c6ccccc6)nc45)nc(-c4cccc(-c5ccccc5)c4)n3)c2)cc1. The molecule has 0 N–H and O–H groups in total. The molecule has 8 aromatic carbocycles. The molecule has 56 heavy (non-hydrogen) atoms. The van der Waals surface area contributed by atoms with E-state index in [1.165, 1.54) is 0 Å². The number of fused-ring (bicyclic) bond motifs is 3. The monoisotopic (exact) mass is 713 g/mol. The zero-order valence-electron chi connectivity index (χ0n) is 30.5. The van der Waals surface area contributed by atoms with Gasteiger partial charge in [0.2, 0.25) is 0 Å². The van der Waals surface area contributed by atoms with Crippen molar-refractivity contribution in [1.29, 1.82) is 0 Å². The molecular formula is C53H35N3. The van der Waals surface area contributed by atoms with E-state index in [-0.39, 0.29) is 0 Å². The van der Waals surface area contributed by atoms with Gasteiger partial charge in [-0.25, -0.2) is 15.0 Å². The third-order valence-corrected chi connectivity index (χ3v) is 10.5. The van der Waals surface area contributed by atoms with E-state index in [0.29, 0.717) is 5.82 Å². The molecule has 262 valence electrons. The molecule has 0 unspecified atom stereocenters. The van der Waals surface area contributed by atoms with E-state index in [9.17, 15) is 0 Å². The van der Waals surface area contributed by atoms with Crippen molar-refractivity contribution in [3.05, 3.63) is 212 Å². The van der Waals surface area contributed by atoms with Crippen molar-refractivity contribution >= 4 is 21.7 Å². The minimum absolute atomic E-state index is 0.657. The maximum atomic E-state index is 5.51. The zero-order valence-corrected chi connectivity index (χ0v) is 30.5. The van der Waals surface area contributed by atoms with Crippen LogP contribution in [0.2, 0.25) is 0 Å². The van der Waals surface area contributed by atoms with Crippen LogP contribution in [0.15, 0.2) is 212 Å². The van der Waals surface area contributed by atoms with Crippen LogP contribution in [0, 0.1) is 0 Å². The molecule has 10 rings (SSSR count). The molecule has 10 aromatic rings. The molecule has 2 aromatic heterocycles. The van der Waals surface area contributed by atoms with E-state index in [4.69, 9.17) is 15.0 Å². The van der Waals surface area contributed by atoms with Gasteiger partial charge in [-0.05, 0) is 74.5 Å². The van der Waals surface area contributed by atoms with Crippen molar-refractivity contribution in [2.45, 2.75) is 0 Å². The number of benzene rings is 8. The number of hydrogen-bond acceptors (Lipinski definition) is 3. The maximum Gasteiger partial charge on any atom is 0.160 e. The summed E-state index contributed by atoms with van der Waals surface area (Å²) in [5, 5.41) is 3.38. The molecule has 0 atom stereocenters. The van der Waals surface area contributed by atoms with Crippen molar-refractivity contribution in [2.24, 2.45) is 0 Å². The van der Waals surface area contributed by atoms with E-state index in [2.05, 4.69) is 194 Å². The summed E-state index contributed by atoms with van der Waals surface area (Å²) in [5.74, 6) is 0.657. The lowest BCUT2D eigenvalue weighted by Crippen LogP contribution is -1.99. The van der Waals surface area contributed by atoms with Crippen molar-refractivity contribution in [3.63, 3.8) is 0 Å². The average Bonchev–Trinajstić information content (AvgIpc) is 3.29. The number of aromatic nitrogens is 3. The van der Waals surface area contributed by atoms with Crippen molar-refractivity contribution < 1.29 is 0 Å². The Morgan fingerprint density at radius 1 is 0.268 bits per heavy atom. The minimum atomic E-state index is 0.657. The second kappa shape index (κ2) is 14.4.